The zero-order chi connectivity index (χ0) is 18.5. The number of hydrogen-bond acceptors (Lipinski definition) is 3. The van der Waals surface area contributed by atoms with Gasteiger partial charge in [-0.05, 0) is 49.4 Å². The molecule has 0 aromatic heterocycles. The lowest BCUT2D eigenvalue weighted by Crippen LogP contribution is -2.54. The van der Waals surface area contributed by atoms with Crippen molar-refractivity contribution in [3.05, 3.63) is 35.4 Å². The van der Waals surface area contributed by atoms with E-state index in [1.807, 2.05) is 26.0 Å². The van der Waals surface area contributed by atoms with Crippen LogP contribution in [0.2, 0.25) is 0 Å². The molecular formula is C21H31N3O2. The smallest absolute Gasteiger partial charge is 0.243 e. The summed E-state index contributed by atoms with van der Waals surface area (Å²) in [6, 6.07) is 7.75. The monoisotopic (exact) mass is 357 g/mol. The molecule has 3 rings (SSSR count). The summed E-state index contributed by atoms with van der Waals surface area (Å²) in [5.41, 5.74) is 2.34. The number of rotatable bonds is 6. The minimum atomic E-state index is -0.395. The van der Waals surface area contributed by atoms with Crippen molar-refractivity contribution in [2.75, 3.05) is 19.6 Å². The lowest BCUT2D eigenvalue weighted by atomic mass is 9.92. The number of nitrogens with zero attached hydrogens (tertiary/aromatic N) is 1. The highest BCUT2D eigenvalue weighted by Gasteiger charge is 2.35. The maximum Gasteiger partial charge on any atom is 0.243 e. The molecule has 2 amide bonds. The van der Waals surface area contributed by atoms with Crippen LogP contribution in [0.1, 0.15) is 44.2 Å². The first kappa shape index (κ1) is 18.9. The summed E-state index contributed by atoms with van der Waals surface area (Å²) in [4.78, 5) is 27.6. The number of amides is 2. The molecule has 2 heterocycles. The first-order valence-corrected chi connectivity index (χ1v) is 9.95. The van der Waals surface area contributed by atoms with Gasteiger partial charge in [-0.2, -0.15) is 0 Å². The van der Waals surface area contributed by atoms with Gasteiger partial charge in [0.1, 0.15) is 6.04 Å². The minimum Gasteiger partial charge on any atom is -0.354 e. The molecule has 3 atom stereocenters. The van der Waals surface area contributed by atoms with Crippen molar-refractivity contribution >= 4 is 11.8 Å². The van der Waals surface area contributed by atoms with Crippen LogP contribution >= 0.6 is 0 Å². The van der Waals surface area contributed by atoms with E-state index in [1.54, 1.807) is 4.90 Å². The van der Waals surface area contributed by atoms with Gasteiger partial charge < -0.3 is 15.5 Å². The van der Waals surface area contributed by atoms with E-state index in [-0.39, 0.29) is 17.7 Å². The van der Waals surface area contributed by atoms with Crippen LogP contribution in [0, 0.1) is 11.8 Å². The molecule has 26 heavy (non-hydrogen) atoms. The van der Waals surface area contributed by atoms with E-state index in [0.717, 1.165) is 31.5 Å². The zero-order valence-corrected chi connectivity index (χ0v) is 16.0. The summed E-state index contributed by atoms with van der Waals surface area (Å²) < 4.78 is 0. The predicted octanol–water partition coefficient (Wildman–Crippen LogP) is 2.10. The highest BCUT2D eigenvalue weighted by atomic mass is 16.2. The molecule has 0 radical (unpaired) electrons. The third kappa shape index (κ3) is 4.26. The number of hydrogen-bond donors (Lipinski definition) is 2. The van der Waals surface area contributed by atoms with Gasteiger partial charge in [-0.1, -0.05) is 38.1 Å². The van der Waals surface area contributed by atoms with E-state index in [1.165, 1.54) is 12.0 Å². The fraction of sp³-hybridized carbons (Fsp3) is 0.619. The van der Waals surface area contributed by atoms with Gasteiger partial charge in [0.2, 0.25) is 11.8 Å². The number of benzene rings is 1. The summed E-state index contributed by atoms with van der Waals surface area (Å²) in [5, 5.41) is 6.45. The topological polar surface area (TPSA) is 61.4 Å². The summed E-state index contributed by atoms with van der Waals surface area (Å²) in [6.07, 6.45) is 3.59. The van der Waals surface area contributed by atoms with Gasteiger partial charge in [0.25, 0.3) is 0 Å². The summed E-state index contributed by atoms with van der Waals surface area (Å²) in [6.45, 7) is 7.31. The van der Waals surface area contributed by atoms with E-state index in [9.17, 15) is 9.59 Å². The summed E-state index contributed by atoms with van der Waals surface area (Å²) in [7, 11) is 0. The van der Waals surface area contributed by atoms with Crippen molar-refractivity contribution in [1.29, 1.82) is 0 Å². The van der Waals surface area contributed by atoms with Crippen molar-refractivity contribution in [3.8, 4) is 0 Å². The molecule has 5 heteroatoms. The largest absolute Gasteiger partial charge is 0.354 e. The van der Waals surface area contributed by atoms with Crippen LogP contribution in [0.25, 0.3) is 0 Å². The average Bonchev–Trinajstić information content (AvgIpc) is 3.19. The van der Waals surface area contributed by atoms with E-state index in [2.05, 4.69) is 22.8 Å². The molecule has 2 N–H and O–H groups in total. The SMILES string of the molecule is CCC(C)C(=O)N1Cc2ccccc2CC1C(=O)NCCC1CCNC1. The van der Waals surface area contributed by atoms with E-state index >= 15 is 0 Å². The Morgan fingerprint density at radius 2 is 2.08 bits per heavy atom. The Hall–Kier alpha value is -1.88. The van der Waals surface area contributed by atoms with Crippen LogP contribution in [0.3, 0.4) is 0 Å². The van der Waals surface area contributed by atoms with Crippen molar-refractivity contribution in [3.63, 3.8) is 0 Å². The van der Waals surface area contributed by atoms with Gasteiger partial charge >= 0.3 is 0 Å². The van der Waals surface area contributed by atoms with Crippen LogP contribution < -0.4 is 10.6 Å². The van der Waals surface area contributed by atoms with Gasteiger partial charge in [-0.3, -0.25) is 9.59 Å². The fourth-order valence-corrected chi connectivity index (χ4v) is 3.92. The number of fused-ring (bicyclic) bond motifs is 1. The summed E-state index contributed by atoms with van der Waals surface area (Å²) >= 11 is 0. The Kier molecular flexibility index (Phi) is 6.30. The quantitative estimate of drug-likeness (QED) is 0.820. The second-order valence-corrected chi connectivity index (χ2v) is 7.70. The molecule has 2 aliphatic rings. The molecule has 1 saturated heterocycles. The lowest BCUT2D eigenvalue weighted by molar-refractivity contribution is -0.144. The van der Waals surface area contributed by atoms with E-state index in [0.29, 0.717) is 25.4 Å². The number of carbonyl (C=O) groups excluding carboxylic acids is 2. The Bertz CT molecular complexity index is 640. The maximum atomic E-state index is 12.9. The molecule has 142 valence electrons. The molecule has 1 aromatic carbocycles. The highest BCUT2D eigenvalue weighted by molar-refractivity contribution is 5.89. The van der Waals surface area contributed by atoms with Crippen LogP contribution in [0.5, 0.6) is 0 Å². The number of nitrogens with one attached hydrogen (secondary N) is 2. The normalized spacial score (nSPS) is 23.4. The molecule has 0 saturated carbocycles. The second-order valence-electron chi connectivity index (χ2n) is 7.70. The molecule has 2 aliphatic heterocycles. The van der Waals surface area contributed by atoms with Crippen LogP contribution in [-0.2, 0) is 22.6 Å². The first-order valence-electron chi connectivity index (χ1n) is 9.95. The van der Waals surface area contributed by atoms with Gasteiger partial charge in [-0.25, -0.2) is 0 Å². The van der Waals surface area contributed by atoms with Crippen molar-refractivity contribution in [2.45, 2.75) is 52.1 Å². The molecule has 0 bridgehead atoms. The highest BCUT2D eigenvalue weighted by Crippen LogP contribution is 2.25. The van der Waals surface area contributed by atoms with Crippen LogP contribution in [0.4, 0.5) is 0 Å². The summed E-state index contributed by atoms with van der Waals surface area (Å²) in [5.74, 6) is 0.671. The van der Waals surface area contributed by atoms with E-state index in [4.69, 9.17) is 0 Å². The molecular weight excluding hydrogens is 326 g/mol. The molecule has 5 nitrogen and oxygen atoms in total. The molecule has 1 fully saturated rings. The minimum absolute atomic E-state index is 0.0119. The molecule has 0 aliphatic carbocycles. The van der Waals surface area contributed by atoms with Gasteiger partial charge in [0.15, 0.2) is 0 Å². The fourth-order valence-electron chi connectivity index (χ4n) is 3.92. The van der Waals surface area contributed by atoms with Gasteiger partial charge in [0, 0.05) is 25.4 Å². The Balaban J connectivity index is 1.68. The van der Waals surface area contributed by atoms with Crippen molar-refractivity contribution < 1.29 is 9.59 Å². The lowest BCUT2D eigenvalue weighted by Gasteiger charge is -2.37. The molecule has 1 aromatic rings. The molecule has 0 spiro atoms. The number of carbonyl (C=O) groups is 2. The second kappa shape index (κ2) is 8.67. The van der Waals surface area contributed by atoms with Gasteiger partial charge in [-0.15, -0.1) is 0 Å². The Labute approximate surface area is 156 Å². The standard InChI is InChI=1S/C21H31N3O2/c1-3-15(2)21(26)24-14-18-7-5-4-6-17(18)12-19(24)20(25)23-11-9-16-8-10-22-13-16/h4-7,15-16,19,22H,3,8-14H2,1-2H3,(H,23,25). The van der Waals surface area contributed by atoms with Crippen LogP contribution in [-0.4, -0.2) is 42.4 Å². The van der Waals surface area contributed by atoms with Crippen LogP contribution in [0.15, 0.2) is 24.3 Å². The van der Waals surface area contributed by atoms with Gasteiger partial charge in [0.05, 0.1) is 0 Å². The third-order valence-corrected chi connectivity index (χ3v) is 5.88. The zero-order valence-electron chi connectivity index (χ0n) is 16.0. The third-order valence-electron chi connectivity index (χ3n) is 5.88. The Morgan fingerprint density at radius 1 is 1.31 bits per heavy atom. The first-order chi connectivity index (χ1) is 12.6. The van der Waals surface area contributed by atoms with Crippen molar-refractivity contribution in [1.82, 2.24) is 15.5 Å². The maximum absolute atomic E-state index is 12.9. The average molecular weight is 357 g/mol. The van der Waals surface area contributed by atoms with E-state index < -0.39 is 6.04 Å². The molecule has 3 unspecified atom stereocenters. The predicted molar refractivity (Wildman–Crippen MR) is 103 cm³/mol. The van der Waals surface area contributed by atoms with Crippen molar-refractivity contribution in [2.24, 2.45) is 11.8 Å². The Morgan fingerprint density at radius 3 is 2.77 bits per heavy atom.